The smallest absolute Gasteiger partial charge is 0.196 e. The van der Waals surface area contributed by atoms with Crippen LogP contribution < -0.4 is 0 Å². The van der Waals surface area contributed by atoms with E-state index in [1.54, 1.807) is 0 Å². The first-order valence-electron chi connectivity index (χ1n) is 10.5. The lowest BCUT2D eigenvalue weighted by Crippen LogP contribution is -2.14. The van der Waals surface area contributed by atoms with E-state index in [-0.39, 0.29) is 29.1 Å². The molecule has 3 aromatic heterocycles. The number of pyridine rings is 1. The Labute approximate surface area is 190 Å². The van der Waals surface area contributed by atoms with Crippen molar-refractivity contribution in [2.75, 3.05) is 17.3 Å². The average molecular weight is 469 g/mol. The minimum Gasteiger partial charge on any atom is -0.344 e. The molecule has 0 radical (unpaired) electrons. The van der Waals surface area contributed by atoms with E-state index in [1.165, 1.54) is 11.8 Å². The lowest BCUT2D eigenvalue weighted by Gasteiger charge is -2.16. The number of benzene rings is 1. The topological polar surface area (TPSA) is 86.3 Å². The second-order valence-corrected chi connectivity index (χ2v) is 11.6. The van der Waals surface area contributed by atoms with E-state index in [0.29, 0.717) is 17.1 Å². The highest BCUT2D eigenvalue weighted by Gasteiger charge is 2.31. The summed E-state index contributed by atoms with van der Waals surface area (Å²) in [5, 5.41) is 10.4. The zero-order valence-electron chi connectivity index (χ0n) is 18.2. The predicted molar refractivity (Wildman–Crippen MR) is 126 cm³/mol. The van der Waals surface area contributed by atoms with Crippen molar-refractivity contribution in [3.63, 3.8) is 0 Å². The second-order valence-electron chi connectivity index (χ2n) is 8.44. The van der Waals surface area contributed by atoms with E-state index >= 15 is 0 Å². The molecule has 0 N–H and O–H groups in total. The summed E-state index contributed by atoms with van der Waals surface area (Å²) >= 11 is 1.37. The summed E-state index contributed by atoms with van der Waals surface area (Å²) in [4.78, 5) is 13.1. The molecule has 1 saturated heterocycles. The highest BCUT2D eigenvalue weighted by molar-refractivity contribution is 7.99. The molecule has 4 heterocycles. The standard InChI is InChI=1S/C23H24N4O3S2/c1-14-10-22-24-25-23(27(22)20-7-5-4-6-18(14)20)31-12-21(28)19-11-15(2)26(16(19)3)17-8-9-32(29,30)13-17/h4-7,10-11,17H,8-9,12-13H2,1-3H3. The van der Waals surface area contributed by atoms with Crippen molar-refractivity contribution in [1.29, 1.82) is 0 Å². The summed E-state index contributed by atoms with van der Waals surface area (Å²) in [5.41, 5.74) is 5.32. The average Bonchev–Trinajstić information content (AvgIpc) is 3.41. The Morgan fingerprint density at radius 3 is 2.69 bits per heavy atom. The molecule has 166 valence electrons. The van der Waals surface area contributed by atoms with Crippen LogP contribution in [0.15, 0.2) is 41.6 Å². The Morgan fingerprint density at radius 1 is 1.16 bits per heavy atom. The molecule has 1 aromatic carbocycles. The van der Waals surface area contributed by atoms with E-state index in [2.05, 4.69) is 23.2 Å². The van der Waals surface area contributed by atoms with Crippen LogP contribution >= 0.6 is 11.8 Å². The van der Waals surface area contributed by atoms with Gasteiger partial charge in [-0.3, -0.25) is 9.20 Å². The summed E-state index contributed by atoms with van der Waals surface area (Å²) in [7, 11) is -3.00. The maximum Gasteiger partial charge on any atom is 0.196 e. The van der Waals surface area contributed by atoms with E-state index < -0.39 is 9.84 Å². The van der Waals surface area contributed by atoms with E-state index in [9.17, 15) is 13.2 Å². The number of ketones is 1. The van der Waals surface area contributed by atoms with Crippen LogP contribution in [0.1, 0.15) is 39.8 Å². The Kier molecular flexibility index (Phi) is 5.13. The third-order valence-electron chi connectivity index (χ3n) is 6.26. The van der Waals surface area contributed by atoms with Crippen LogP contribution in [-0.4, -0.2) is 50.6 Å². The number of carbonyl (C=O) groups excluding carboxylic acids is 1. The van der Waals surface area contributed by atoms with Crippen LogP contribution in [0, 0.1) is 20.8 Å². The van der Waals surface area contributed by atoms with E-state index in [1.807, 2.05) is 53.1 Å². The molecule has 1 aliphatic heterocycles. The predicted octanol–water partition coefficient (Wildman–Crippen LogP) is 3.94. The van der Waals surface area contributed by atoms with Crippen molar-refractivity contribution in [1.82, 2.24) is 19.2 Å². The molecule has 0 aliphatic carbocycles. The Bertz CT molecular complexity index is 1480. The summed E-state index contributed by atoms with van der Waals surface area (Å²) < 4.78 is 27.9. The number of aromatic nitrogens is 4. The number of sulfone groups is 1. The normalized spacial score (nSPS) is 18.0. The molecule has 0 saturated carbocycles. The summed E-state index contributed by atoms with van der Waals surface area (Å²) in [6.07, 6.45) is 0.597. The number of hydrogen-bond acceptors (Lipinski definition) is 6. The third kappa shape index (κ3) is 3.53. The number of para-hydroxylation sites is 1. The van der Waals surface area contributed by atoms with Crippen LogP contribution in [0.4, 0.5) is 0 Å². The Morgan fingerprint density at radius 2 is 1.94 bits per heavy atom. The number of rotatable bonds is 5. The van der Waals surface area contributed by atoms with Gasteiger partial charge in [-0.05, 0) is 51.0 Å². The first-order chi connectivity index (χ1) is 15.2. The maximum absolute atomic E-state index is 13.1. The van der Waals surface area contributed by atoms with Crippen LogP contribution in [0.25, 0.3) is 16.6 Å². The second kappa shape index (κ2) is 7.74. The summed E-state index contributed by atoms with van der Waals surface area (Å²) in [6.45, 7) is 5.89. The molecule has 4 aromatic rings. The molecular weight excluding hydrogens is 444 g/mol. The number of Topliss-reactive ketones (excluding diaryl/α,β-unsaturated/α-hetero) is 1. The van der Waals surface area contributed by atoms with Crippen LogP contribution in [0.5, 0.6) is 0 Å². The minimum atomic E-state index is -3.00. The van der Waals surface area contributed by atoms with Gasteiger partial charge in [0, 0.05) is 28.4 Å². The molecule has 1 aliphatic rings. The summed E-state index contributed by atoms with van der Waals surface area (Å²) in [6, 6.07) is 11.9. The molecule has 1 fully saturated rings. The zero-order chi connectivity index (χ0) is 22.6. The number of carbonyl (C=O) groups is 1. The van der Waals surface area contributed by atoms with Gasteiger partial charge < -0.3 is 4.57 Å². The van der Waals surface area contributed by atoms with Gasteiger partial charge in [-0.2, -0.15) is 0 Å². The fraction of sp³-hybridized carbons (Fsp3) is 0.348. The fourth-order valence-corrected chi connectivity index (χ4v) is 7.31. The molecule has 0 spiro atoms. The van der Waals surface area contributed by atoms with Gasteiger partial charge in [0.05, 0.1) is 22.8 Å². The molecular formula is C23H24N4O3S2. The van der Waals surface area contributed by atoms with Gasteiger partial charge in [0.1, 0.15) is 0 Å². The minimum absolute atomic E-state index is 0.00312. The first kappa shape index (κ1) is 21.2. The van der Waals surface area contributed by atoms with Crippen molar-refractivity contribution >= 4 is 43.9 Å². The van der Waals surface area contributed by atoms with Crippen molar-refractivity contribution in [2.24, 2.45) is 0 Å². The SMILES string of the molecule is Cc1cc2nnc(SCC(=O)c3cc(C)n(C4CCS(=O)(=O)C4)c3C)n2c2ccccc12. The van der Waals surface area contributed by atoms with Gasteiger partial charge in [-0.15, -0.1) is 10.2 Å². The van der Waals surface area contributed by atoms with Gasteiger partial charge >= 0.3 is 0 Å². The molecule has 0 bridgehead atoms. The largest absolute Gasteiger partial charge is 0.344 e. The molecule has 9 heteroatoms. The molecule has 1 atom stereocenters. The van der Waals surface area contributed by atoms with Gasteiger partial charge in [0.25, 0.3) is 0 Å². The molecule has 1 unspecified atom stereocenters. The number of nitrogens with zero attached hydrogens (tertiary/aromatic N) is 4. The van der Waals surface area contributed by atoms with Gasteiger partial charge in [0.2, 0.25) is 0 Å². The molecule has 32 heavy (non-hydrogen) atoms. The van der Waals surface area contributed by atoms with Gasteiger partial charge in [-0.25, -0.2) is 8.42 Å². The first-order valence-corrected chi connectivity index (χ1v) is 13.3. The highest BCUT2D eigenvalue weighted by atomic mass is 32.2. The van der Waals surface area contributed by atoms with E-state index in [0.717, 1.165) is 33.5 Å². The molecule has 7 nitrogen and oxygen atoms in total. The monoisotopic (exact) mass is 468 g/mol. The number of thioether (sulfide) groups is 1. The van der Waals surface area contributed by atoms with Crippen LogP contribution in [-0.2, 0) is 9.84 Å². The van der Waals surface area contributed by atoms with Crippen molar-refractivity contribution in [3.8, 4) is 0 Å². The van der Waals surface area contributed by atoms with Crippen molar-refractivity contribution in [2.45, 2.75) is 38.4 Å². The molecule has 0 amide bonds. The Balaban J connectivity index is 1.42. The number of fused-ring (bicyclic) bond motifs is 3. The lowest BCUT2D eigenvalue weighted by molar-refractivity contribution is 0.102. The zero-order valence-corrected chi connectivity index (χ0v) is 19.8. The molecule has 5 rings (SSSR count). The van der Waals surface area contributed by atoms with Crippen LogP contribution in [0.2, 0.25) is 0 Å². The van der Waals surface area contributed by atoms with Gasteiger partial charge in [-0.1, -0.05) is 30.0 Å². The summed E-state index contributed by atoms with van der Waals surface area (Å²) in [5.74, 6) is 0.588. The Hall–Kier alpha value is -2.65. The van der Waals surface area contributed by atoms with Crippen LogP contribution in [0.3, 0.4) is 0 Å². The van der Waals surface area contributed by atoms with E-state index in [4.69, 9.17) is 0 Å². The van der Waals surface area contributed by atoms with Crippen molar-refractivity contribution in [3.05, 3.63) is 58.9 Å². The quantitative estimate of drug-likeness (QED) is 0.326. The highest BCUT2D eigenvalue weighted by Crippen LogP contribution is 2.31. The maximum atomic E-state index is 13.1. The lowest BCUT2D eigenvalue weighted by atomic mass is 10.1. The third-order valence-corrected chi connectivity index (χ3v) is 8.94. The fourth-order valence-electron chi connectivity index (χ4n) is 4.78. The van der Waals surface area contributed by atoms with Crippen molar-refractivity contribution < 1.29 is 13.2 Å². The van der Waals surface area contributed by atoms with Gasteiger partial charge in [0.15, 0.2) is 26.4 Å². The number of hydrogen-bond donors (Lipinski definition) is 0. The number of aryl methyl sites for hydroxylation is 2.